The van der Waals surface area contributed by atoms with Crippen molar-refractivity contribution in [1.29, 1.82) is 0 Å². The van der Waals surface area contributed by atoms with E-state index in [9.17, 15) is 13.2 Å². The maximum Gasteiger partial charge on any atom is 0.219 e. The molecular weight excluding hydrogens is 318 g/mol. The maximum atomic E-state index is 11.7. The second kappa shape index (κ2) is 11.0. The lowest BCUT2D eigenvalue weighted by Gasteiger charge is -2.26. The third kappa shape index (κ3) is 9.24. The lowest BCUT2D eigenvalue weighted by atomic mass is 10.2. The molecule has 0 radical (unpaired) electrons. The van der Waals surface area contributed by atoms with Crippen LogP contribution in [-0.2, 0) is 19.6 Å². The van der Waals surface area contributed by atoms with E-state index in [2.05, 4.69) is 14.9 Å². The van der Waals surface area contributed by atoms with E-state index >= 15 is 0 Å². The summed E-state index contributed by atoms with van der Waals surface area (Å²) in [6, 6.07) is 0. The van der Waals surface area contributed by atoms with Crippen molar-refractivity contribution < 1.29 is 17.9 Å². The molecule has 0 atom stereocenters. The Balaban J connectivity index is 1.96. The molecule has 0 aromatic carbocycles. The van der Waals surface area contributed by atoms with Crippen LogP contribution in [0.2, 0.25) is 0 Å². The smallest absolute Gasteiger partial charge is 0.219 e. The highest BCUT2D eigenvalue weighted by Gasteiger charge is 2.14. The van der Waals surface area contributed by atoms with E-state index in [0.717, 1.165) is 39.3 Å². The van der Waals surface area contributed by atoms with E-state index < -0.39 is 15.3 Å². The molecule has 0 aromatic heterocycles. The number of hydrogen-bond acceptors (Lipinski definition) is 5. The van der Waals surface area contributed by atoms with Crippen LogP contribution in [0.1, 0.15) is 39.5 Å². The van der Waals surface area contributed by atoms with E-state index in [1.165, 1.54) is 0 Å². The van der Waals surface area contributed by atoms with E-state index in [4.69, 9.17) is 4.74 Å². The fourth-order valence-electron chi connectivity index (χ4n) is 2.24. The molecule has 1 fully saturated rings. The molecular formula is C15H31N3O4S. The first-order chi connectivity index (χ1) is 10.9. The molecule has 0 aromatic rings. The normalized spacial score (nSPS) is 16.7. The summed E-state index contributed by atoms with van der Waals surface area (Å²) < 4.78 is 30.9. The number of hydrogen-bond donors (Lipinski definition) is 2. The van der Waals surface area contributed by atoms with Gasteiger partial charge in [-0.05, 0) is 39.7 Å². The molecule has 1 aliphatic rings. The van der Waals surface area contributed by atoms with Crippen molar-refractivity contribution in [1.82, 2.24) is 14.9 Å². The number of unbranched alkanes of at least 4 members (excludes halogenated alkanes) is 1. The Hall–Kier alpha value is -0.700. The van der Waals surface area contributed by atoms with Gasteiger partial charge in [0.25, 0.3) is 0 Å². The lowest BCUT2D eigenvalue weighted by Crippen LogP contribution is -2.38. The Bertz CT molecular complexity index is 434. The molecule has 7 nitrogen and oxygen atoms in total. The highest BCUT2D eigenvalue weighted by atomic mass is 32.2. The van der Waals surface area contributed by atoms with Crippen LogP contribution in [0.4, 0.5) is 0 Å². The maximum absolute atomic E-state index is 11.7. The number of nitrogens with zero attached hydrogens (tertiary/aromatic N) is 1. The lowest BCUT2D eigenvalue weighted by molar-refractivity contribution is -0.121. The van der Waals surface area contributed by atoms with Crippen LogP contribution in [0.5, 0.6) is 0 Å². The van der Waals surface area contributed by atoms with Gasteiger partial charge in [0, 0.05) is 32.6 Å². The Morgan fingerprint density at radius 2 is 1.83 bits per heavy atom. The van der Waals surface area contributed by atoms with Gasteiger partial charge in [0.15, 0.2) is 0 Å². The van der Waals surface area contributed by atoms with Crippen molar-refractivity contribution in [2.24, 2.45) is 0 Å². The van der Waals surface area contributed by atoms with E-state index in [-0.39, 0.29) is 5.91 Å². The summed E-state index contributed by atoms with van der Waals surface area (Å²) in [4.78, 5) is 14.0. The number of carbonyl (C=O) groups is 1. The second-order valence-electron chi connectivity index (χ2n) is 6.10. The fraction of sp³-hybridized carbons (Fsp3) is 0.933. The third-order valence-corrected chi connectivity index (χ3v) is 5.68. The van der Waals surface area contributed by atoms with Crippen molar-refractivity contribution >= 4 is 15.9 Å². The molecule has 8 heteroatoms. The minimum atomic E-state index is -3.19. The van der Waals surface area contributed by atoms with Crippen molar-refractivity contribution in [2.75, 3.05) is 45.9 Å². The highest BCUT2D eigenvalue weighted by Crippen LogP contribution is 2.00. The summed E-state index contributed by atoms with van der Waals surface area (Å²) in [5.41, 5.74) is 0. The zero-order chi connectivity index (χ0) is 17.1. The number of morpholine rings is 1. The van der Waals surface area contributed by atoms with Crippen LogP contribution >= 0.6 is 0 Å². The second-order valence-corrected chi connectivity index (χ2v) is 8.42. The Labute approximate surface area is 140 Å². The molecule has 0 spiro atoms. The van der Waals surface area contributed by atoms with Gasteiger partial charge in [0.1, 0.15) is 0 Å². The van der Waals surface area contributed by atoms with Gasteiger partial charge in [0.2, 0.25) is 15.9 Å². The molecule has 1 rings (SSSR count). The predicted molar refractivity (Wildman–Crippen MR) is 90.8 cm³/mol. The minimum absolute atomic E-state index is 0.0405. The van der Waals surface area contributed by atoms with Gasteiger partial charge in [-0.15, -0.1) is 0 Å². The van der Waals surface area contributed by atoms with E-state index in [1.807, 2.05) is 0 Å². The first-order valence-corrected chi connectivity index (χ1v) is 10.0. The van der Waals surface area contributed by atoms with Gasteiger partial charge in [0.05, 0.1) is 18.5 Å². The number of rotatable bonds is 11. The molecule has 0 saturated carbocycles. The third-order valence-electron chi connectivity index (χ3n) is 3.83. The topological polar surface area (TPSA) is 87.7 Å². The summed E-state index contributed by atoms with van der Waals surface area (Å²) >= 11 is 0. The molecule has 1 saturated heterocycles. The first kappa shape index (κ1) is 20.3. The standard InChI is InChI=1S/C15H31N3O4S/c1-14(2)23(20,21)17-8-4-3-6-15(19)16-7-5-9-18-10-12-22-13-11-18/h14,17H,3-13H2,1-2H3,(H,16,19). The number of ether oxygens (including phenoxy) is 1. The first-order valence-electron chi connectivity index (χ1n) is 8.47. The fourth-order valence-corrected chi connectivity index (χ4v) is 3.00. The zero-order valence-corrected chi connectivity index (χ0v) is 15.2. The molecule has 1 heterocycles. The van der Waals surface area contributed by atoms with Gasteiger partial charge in [-0.25, -0.2) is 13.1 Å². The average Bonchev–Trinajstić information content (AvgIpc) is 2.52. The van der Waals surface area contributed by atoms with Crippen molar-refractivity contribution in [3.8, 4) is 0 Å². The van der Waals surface area contributed by atoms with Crippen LogP contribution in [0, 0.1) is 0 Å². The quantitative estimate of drug-likeness (QED) is 0.525. The predicted octanol–water partition coefficient (Wildman–Crippen LogP) is 0.323. The largest absolute Gasteiger partial charge is 0.379 e. The zero-order valence-electron chi connectivity index (χ0n) is 14.3. The average molecular weight is 349 g/mol. The van der Waals surface area contributed by atoms with Crippen LogP contribution in [0.25, 0.3) is 0 Å². The summed E-state index contributed by atoms with van der Waals surface area (Å²) in [6.07, 6.45) is 2.75. The molecule has 0 unspecified atom stereocenters. The summed E-state index contributed by atoms with van der Waals surface area (Å²) in [5, 5.41) is 2.49. The van der Waals surface area contributed by atoms with Gasteiger partial charge in [-0.2, -0.15) is 0 Å². The van der Waals surface area contributed by atoms with Crippen LogP contribution < -0.4 is 10.0 Å². The van der Waals surface area contributed by atoms with Gasteiger partial charge in [-0.3, -0.25) is 9.69 Å². The molecule has 23 heavy (non-hydrogen) atoms. The Morgan fingerprint density at radius 1 is 1.13 bits per heavy atom. The monoisotopic (exact) mass is 349 g/mol. The highest BCUT2D eigenvalue weighted by molar-refractivity contribution is 7.90. The van der Waals surface area contributed by atoms with Gasteiger partial charge in [-0.1, -0.05) is 0 Å². The molecule has 0 bridgehead atoms. The van der Waals surface area contributed by atoms with E-state index in [0.29, 0.717) is 32.4 Å². The molecule has 1 aliphatic heterocycles. The Morgan fingerprint density at radius 3 is 2.48 bits per heavy atom. The summed E-state index contributed by atoms with van der Waals surface area (Å²) in [6.45, 7) is 8.90. The van der Waals surface area contributed by atoms with E-state index in [1.54, 1.807) is 13.8 Å². The Kier molecular flexibility index (Phi) is 9.69. The van der Waals surface area contributed by atoms with Gasteiger partial charge >= 0.3 is 0 Å². The molecule has 0 aliphatic carbocycles. The SMILES string of the molecule is CC(C)S(=O)(=O)NCCCCC(=O)NCCCN1CCOCC1. The van der Waals surface area contributed by atoms with Crippen molar-refractivity contribution in [3.05, 3.63) is 0 Å². The van der Waals surface area contributed by atoms with Crippen LogP contribution in [-0.4, -0.2) is 70.4 Å². The van der Waals surface area contributed by atoms with Crippen molar-refractivity contribution in [3.63, 3.8) is 0 Å². The number of amides is 1. The number of carbonyl (C=O) groups excluding carboxylic acids is 1. The summed E-state index contributed by atoms with van der Waals surface area (Å²) in [5.74, 6) is 0.0405. The number of nitrogens with one attached hydrogen (secondary N) is 2. The van der Waals surface area contributed by atoms with Crippen LogP contribution in [0.15, 0.2) is 0 Å². The number of sulfonamides is 1. The molecule has 2 N–H and O–H groups in total. The summed E-state index contributed by atoms with van der Waals surface area (Å²) in [7, 11) is -3.19. The molecule has 136 valence electrons. The minimum Gasteiger partial charge on any atom is -0.379 e. The van der Waals surface area contributed by atoms with Crippen LogP contribution in [0.3, 0.4) is 0 Å². The molecule has 1 amide bonds. The van der Waals surface area contributed by atoms with Crippen molar-refractivity contribution in [2.45, 2.75) is 44.8 Å². The van der Waals surface area contributed by atoms with Gasteiger partial charge < -0.3 is 10.1 Å².